The van der Waals surface area contributed by atoms with Gasteiger partial charge in [0, 0.05) is 24.7 Å². The van der Waals surface area contributed by atoms with Gasteiger partial charge in [0.2, 0.25) is 0 Å². The third-order valence-electron chi connectivity index (χ3n) is 3.59. The summed E-state index contributed by atoms with van der Waals surface area (Å²) < 4.78 is 0. The fourth-order valence-corrected chi connectivity index (χ4v) is 3.09. The third kappa shape index (κ3) is 1.40. The van der Waals surface area contributed by atoms with Crippen molar-refractivity contribution in [3.63, 3.8) is 0 Å². The molecule has 2 saturated heterocycles. The SMILES string of the molecule is CC(C)N1CC2CCC1N2C(C)C. The van der Waals surface area contributed by atoms with Crippen molar-refractivity contribution in [3.8, 4) is 0 Å². The first kappa shape index (κ1) is 9.47. The molecule has 2 rings (SSSR count). The first-order valence-corrected chi connectivity index (χ1v) is 5.64. The molecular formula is C11H22N2. The zero-order chi connectivity index (χ0) is 9.59. The molecule has 2 heterocycles. The summed E-state index contributed by atoms with van der Waals surface area (Å²) in [6.07, 6.45) is 3.57. The summed E-state index contributed by atoms with van der Waals surface area (Å²) in [5.41, 5.74) is 0. The van der Waals surface area contributed by atoms with Crippen LogP contribution in [-0.2, 0) is 0 Å². The molecule has 2 nitrogen and oxygen atoms in total. The molecule has 0 aliphatic carbocycles. The van der Waals surface area contributed by atoms with Gasteiger partial charge < -0.3 is 0 Å². The zero-order valence-electron chi connectivity index (χ0n) is 9.33. The fraction of sp³-hybridized carbons (Fsp3) is 1.00. The molecule has 2 heteroatoms. The highest BCUT2D eigenvalue weighted by atomic mass is 15.5. The number of fused-ring (bicyclic) bond motifs is 2. The smallest absolute Gasteiger partial charge is 0.0631 e. The van der Waals surface area contributed by atoms with Gasteiger partial charge in [-0.2, -0.15) is 0 Å². The van der Waals surface area contributed by atoms with Gasteiger partial charge in [0.05, 0.1) is 6.17 Å². The molecule has 2 atom stereocenters. The molecule has 0 spiro atoms. The third-order valence-corrected chi connectivity index (χ3v) is 3.59. The largest absolute Gasteiger partial charge is 0.284 e. The van der Waals surface area contributed by atoms with E-state index in [2.05, 4.69) is 37.5 Å². The predicted molar refractivity (Wildman–Crippen MR) is 55.6 cm³/mol. The lowest BCUT2D eigenvalue weighted by molar-refractivity contribution is 0.102. The van der Waals surface area contributed by atoms with E-state index in [-0.39, 0.29) is 0 Å². The second kappa shape index (κ2) is 3.25. The zero-order valence-corrected chi connectivity index (χ0v) is 9.33. The van der Waals surface area contributed by atoms with Crippen molar-refractivity contribution in [1.82, 2.24) is 9.80 Å². The lowest BCUT2D eigenvalue weighted by atomic mass is 10.1. The highest BCUT2D eigenvalue weighted by Crippen LogP contribution is 2.36. The fourth-order valence-electron chi connectivity index (χ4n) is 3.09. The van der Waals surface area contributed by atoms with E-state index in [0.29, 0.717) is 0 Å². The van der Waals surface area contributed by atoms with Gasteiger partial charge in [0.25, 0.3) is 0 Å². The van der Waals surface area contributed by atoms with E-state index in [1.807, 2.05) is 0 Å². The maximum atomic E-state index is 2.71. The molecule has 0 aromatic carbocycles. The van der Waals surface area contributed by atoms with E-state index in [1.165, 1.54) is 19.4 Å². The van der Waals surface area contributed by atoms with Crippen molar-refractivity contribution in [1.29, 1.82) is 0 Å². The van der Waals surface area contributed by atoms with Crippen LogP contribution in [-0.4, -0.2) is 40.6 Å². The van der Waals surface area contributed by atoms with Crippen LogP contribution in [0.5, 0.6) is 0 Å². The van der Waals surface area contributed by atoms with Gasteiger partial charge in [-0.05, 0) is 40.5 Å². The number of hydrogen-bond donors (Lipinski definition) is 0. The van der Waals surface area contributed by atoms with Gasteiger partial charge in [0.15, 0.2) is 0 Å². The van der Waals surface area contributed by atoms with E-state index in [4.69, 9.17) is 0 Å². The van der Waals surface area contributed by atoms with Gasteiger partial charge in [-0.25, -0.2) is 0 Å². The van der Waals surface area contributed by atoms with E-state index in [9.17, 15) is 0 Å². The van der Waals surface area contributed by atoms with Crippen LogP contribution in [0.1, 0.15) is 40.5 Å². The average Bonchev–Trinajstić information content (AvgIpc) is 2.58. The second-order valence-corrected chi connectivity index (χ2v) is 5.04. The molecule has 2 fully saturated rings. The molecular weight excluding hydrogens is 160 g/mol. The summed E-state index contributed by atoms with van der Waals surface area (Å²) in [5.74, 6) is 0. The van der Waals surface area contributed by atoms with Gasteiger partial charge in [-0.3, -0.25) is 9.80 Å². The minimum atomic E-state index is 0.719. The van der Waals surface area contributed by atoms with E-state index >= 15 is 0 Å². The van der Waals surface area contributed by atoms with Crippen LogP contribution in [0.2, 0.25) is 0 Å². The Labute approximate surface area is 81.9 Å². The number of hydrogen-bond acceptors (Lipinski definition) is 2. The summed E-state index contributed by atoms with van der Waals surface area (Å²) in [6.45, 7) is 10.6. The Balaban J connectivity index is 2.10. The molecule has 76 valence electrons. The molecule has 2 bridgehead atoms. The van der Waals surface area contributed by atoms with Gasteiger partial charge in [0.1, 0.15) is 0 Å². The van der Waals surface area contributed by atoms with Crippen LogP contribution in [0.15, 0.2) is 0 Å². The Hall–Kier alpha value is -0.0800. The summed E-state index contributed by atoms with van der Waals surface area (Å²) >= 11 is 0. The molecule has 0 saturated carbocycles. The lowest BCUT2D eigenvalue weighted by Gasteiger charge is -2.32. The number of piperidine rings is 1. The maximum Gasteiger partial charge on any atom is 0.0631 e. The van der Waals surface area contributed by atoms with E-state index in [1.54, 1.807) is 0 Å². The van der Waals surface area contributed by atoms with Crippen molar-refractivity contribution in [2.24, 2.45) is 0 Å². The summed E-state index contributed by atoms with van der Waals surface area (Å²) in [7, 11) is 0. The van der Waals surface area contributed by atoms with Crippen LogP contribution >= 0.6 is 0 Å². The molecule has 0 N–H and O–H groups in total. The van der Waals surface area contributed by atoms with E-state index < -0.39 is 0 Å². The van der Waals surface area contributed by atoms with Gasteiger partial charge in [-0.1, -0.05) is 0 Å². The quantitative estimate of drug-likeness (QED) is 0.643. The highest BCUT2D eigenvalue weighted by Gasteiger charge is 2.46. The van der Waals surface area contributed by atoms with Crippen LogP contribution in [0.4, 0.5) is 0 Å². The molecule has 2 unspecified atom stereocenters. The first-order valence-electron chi connectivity index (χ1n) is 5.64. The van der Waals surface area contributed by atoms with Crippen molar-refractivity contribution in [3.05, 3.63) is 0 Å². The number of rotatable bonds is 2. The molecule has 2 aliphatic heterocycles. The lowest BCUT2D eigenvalue weighted by Crippen LogP contribution is -2.42. The maximum absolute atomic E-state index is 2.71. The second-order valence-electron chi connectivity index (χ2n) is 5.04. The molecule has 0 radical (unpaired) electrons. The first-order chi connectivity index (χ1) is 6.11. The summed E-state index contributed by atoms with van der Waals surface area (Å²) in [6, 6.07) is 2.30. The van der Waals surface area contributed by atoms with E-state index in [0.717, 1.165) is 24.3 Å². The van der Waals surface area contributed by atoms with Gasteiger partial charge in [-0.15, -0.1) is 0 Å². The Morgan fingerprint density at radius 3 is 2.08 bits per heavy atom. The predicted octanol–water partition coefficient (Wildman–Crippen LogP) is 1.91. The molecule has 2 aliphatic rings. The Kier molecular flexibility index (Phi) is 2.37. The van der Waals surface area contributed by atoms with Crippen molar-refractivity contribution in [2.75, 3.05) is 6.54 Å². The molecule has 0 aromatic rings. The van der Waals surface area contributed by atoms with Crippen LogP contribution < -0.4 is 0 Å². The van der Waals surface area contributed by atoms with Crippen molar-refractivity contribution < 1.29 is 0 Å². The van der Waals surface area contributed by atoms with Crippen LogP contribution in [0.3, 0.4) is 0 Å². The van der Waals surface area contributed by atoms with Crippen LogP contribution in [0, 0.1) is 0 Å². The average molecular weight is 182 g/mol. The molecule has 0 amide bonds. The van der Waals surface area contributed by atoms with Crippen molar-refractivity contribution >= 4 is 0 Å². The Morgan fingerprint density at radius 1 is 1.00 bits per heavy atom. The standard InChI is InChI=1S/C11H22N2/c1-8(2)12-7-10-5-6-11(12)13(10)9(3)4/h8-11H,5-7H2,1-4H3. The van der Waals surface area contributed by atoms with Crippen molar-refractivity contribution in [2.45, 2.75) is 64.8 Å². The summed E-state index contributed by atoms with van der Waals surface area (Å²) in [5, 5.41) is 0. The molecule has 0 aromatic heterocycles. The Bertz CT molecular complexity index is 189. The highest BCUT2D eigenvalue weighted by molar-refractivity contribution is 4.99. The minimum Gasteiger partial charge on any atom is -0.284 e. The topological polar surface area (TPSA) is 6.48 Å². The molecule has 13 heavy (non-hydrogen) atoms. The van der Waals surface area contributed by atoms with Gasteiger partial charge >= 0.3 is 0 Å². The summed E-state index contributed by atoms with van der Waals surface area (Å²) in [4.78, 5) is 5.37. The minimum absolute atomic E-state index is 0.719. The number of nitrogens with zero attached hydrogens (tertiary/aromatic N) is 2. The monoisotopic (exact) mass is 182 g/mol. The normalized spacial score (nSPS) is 35.5. The van der Waals surface area contributed by atoms with Crippen LogP contribution in [0.25, 0.3) is 0 Å². The Morgan fingerprint density at radius 2 is 1.69 bits per heavy atom. The number of likely N-dealkylation sites (tertiary alicyclic amines) is 1.